The molecule has 3 heterocycles. The van der Waals surface area contributed by atoms with Gasteiger partial charge < -0.3 is 10.2 Å². The third kappa shape index (κ3) is 4.51. The molecular formula is C21H19ClFN5O. The Bertz CT molecular complexity index is 1000. The summed E-state index contributed by atoms with van der Waals surface area (Å²) in [7, 11) is 0. The van der Waals surface area contributed by atoms with Gasteiger partial charge in [0, 0.05) is 36.7 Å². The van der Waals surface area contributed by atoms with Crippen LogP contribution in [0.1, 0.15) is 12.8 Å². The Morgan fingerprint density at radius 3 is 2.83 bits per heavy atom. The number of benzene rings is 1. The van der Waals surface area contributed by atoms with Gasteiger partial charge in [0.1, 0.15) is 5.82 Å². The normalized spacial score (nSPS) is 16.5. The molecular weight excluding hydrogens is 393 g/mol. The molecule has 1 atom stereocenters. The van der Waals surface area contributed by atoms with Gasteiger partial charge in [-0.05, 0) is 55.3 Å². The minimum Gasteiger partial charge on any atom is -0.354 e. The van der Waals surface area contributed by atoms with Gasteiger partial charge in [-0.15, -0.1) is 10.2 Å². The van der Waals surface area contributed by atoms with E-state index in [-0.39, 0.29) is 16.8 Å². The summed E-state index contributed by atoms with van der Waals surface area (Å²) in [5.74, 6) is -0.0912. The summed E-state index contributed by atoms with van der Waals surface area (Å²) in [6.45, 7) is 1.36. The van der Waals surface area contributed by atoms with E-state index in [1.807, 2.05) is 24.3 Å². The van der Waals surface area contributed by atoms with Gasteiger partial charge in [0.05, 0.1) is 16.6 Å². The van der Waals surface area contributed by atoms with Crippen molar-refractivity contribution in [2.75, 3.05) is 23.3 Å². The van der Waals surface area contributed by atoms with Crippen molar-refractivity contribution in [2.45, 2.75) is 12.8 Å². The lowest BCUT2D eigenvalue weighted by atomic mass is 9.97. The first-order chi connectivity index (χ1) is 14.1. The van der Waals surface area contributed by atoms with Gasteiger partial charge in [0.2, 0.25) is 5.91 Å². The Kier molecular flexibility index (Phi) is 5.67. The van der Waals surface area contributed by atoms with E-state index in [9.17, 15) is 9.18 Å². The van der Waals surface area contributed by atoms with Gasteiger partial charge in [-0.2, -0.15) is 0 Å². The number of amides is 1. The highest BCUT2D eigenvalue weighted by molar-refractivity contribution is 6.31. The molecule has 1 aliphatic rings. The van der Waals surface area contributed by atoms with Crippen LogP contribution in [-0.4, -0.2) is 34.2 Å². The number of rotatable bonds is 4. The number of anilines is 2. The van der Waals surface area contributed by atoms with E-state index in [1.165, 1.54) is 18.2 Å². The largest absolute Gasteiger partial charge is 0.354 e. The zero-order chi connectivity index (χ0) is 20.2. The second-order valence-electron chi connectivity index (χ2n) is 6.92. The molecule has 1 N–H and O–H groups in total. The van der Waals surface area contributed by atoms with E-state index >= 15 is 0 Å². The van der Waals surface area contributed by atoms with Crippen molar-refractivity contribution >= 4 is 29.0 Å². The van der Waals surface area contributed by atoms with Gasteiger partial charge in [-0.25, -0.2) is 4.39 Å². The molecule has 1 saturated heterocycles. The summed E-state index contributed by atoms with van der Waals surface area (Å²) in [5, 5.41) is 11.4. The summed E-state index contributed by atoms with van der Waals surface area (Å²) >= 11 is 5.79. The third-order valence-corrected chi connectivity index (χ3v) is 5.20. The molecule has 0 spiro atoms. The molecule has 0 bridgehead atoms. The number of piperidine rings is 1. The van der Waals surface area contributed by atoms with Crippen molar-refractivity contribution < 1.29 is 9.18 Å². The lowest BCUT2D eigenvalue weighted by molar-refractivity contribution is -0.120. The molecule has 0 saturated carbocycles. The predicted molar refractivity (Wildman–Crippen MR) is 110 cm³/mol. The average molecular weight is 412 g/mol. The molecule has 1 aromatic carbocycles. The van der Waals surface area contributed by atoms with Crippen LogP contribution in [0.2, 0.25) is 5.02 Å². The minimum atomic E-state index is -0.512. The maximum Gasteiger partial charge on any atom is 0.229 e. The van der Waals surface area contributed by atoms with Crippen molar-refractivity contribution in [1.82, 2.24) is 15.2 Å². The molecule has 3 aromatic rings. The maximum atomic E-state index is 13.3. The SMILES string of the molecule is O=C(Nc1ccc(F)c(Cl)c1)C1CCCN(c2ccc(-c3cccnc3)nn2)C1. The third-order valence-electron chi connectivity index (χ3n) is 4.91. The Morgan fingerprint density at radius 1 is 1.21 bits per heavy atom. The highest BCUT2D eigenvalue weighted by Gasteiger charge is 2.27. The summed E-state index contributed by atoms with van der Waals surface area (Å²) in [6, 6.07) is 11.8. The van der Waals surface area contributed by atoms with Crippen LogP contribution in [0, 0.1) is 11.7 Å². The number of carbonyl (C=O) groups is 1. The van der Waals surface area contributed by atoms with E-state index in [4.69, 9.17) is 11.6 Å². The number of halogens is 2. The van der Waals surface area contributed by atoms with Crippen molar-refractivity contribution in [3.05, 3.63) is 65.7 Å². The molecule has 1 fully saturated rings. The number of carbonyl (C=O) groups excluding carboxylic acids is 1. The number of nitrogens with zero attached hydrogens (tertiary/aromatic N) is 4. The summed E-state index contributed by atoms with van der Waals surface area (Å²) in [4.78, 5) is 18.8. The fraction of sp³-hybridized carbons (Fsp3) is 0.238. The first-order valence-electron chi connectivity index (χ1n) is 9.35. The van der Waals surface area contributed by atoms with Gasteiger partial charge in [-0.1, -0.05) is 11.6 Å². The molecule has 0 aliphatic carbocycles. The van der Waals surface area contributed by atoms with Crippen molar-refractivity contribution in [1.29, 1.82) is 0 Å². The number of pyridine rings is 1. The number of nitrogens with one attached hydrogen (secondary N) is 1. The molecule has 6 nitrogen and oxygen atoms in total. The fourth-order valence-electron chi connectivity index (χ4n) is 3.38. The molecule has 1 aliphatic heterocycles. The molecule has 8 heteroatoms. The molecule has 0 radical (unpaired) electrons. The van der Waals surface area contributed by atoms with Crippen LogP contribution in [0.3, 0.4) is 0 Å². The minimum absolute atomic E-state index is 0.0166. The van der Waals surface area contributed by atoms with Crippen molar-refractivity contribution in [3.8, 4) is 11.3 Å². The zero-order valence-electron chi connectivity index (χ0n) is 15.6. The topological polar surface area (TPSA) is 71.0 Å². The highest BCUT2D eigenvalue weighted by atomic mass is 35.5. The first kappa shape index (κ1) is 19.3. The first-order valence-corrected chi connectivity index (χ1v) is 9.73. The van der Waals surface area contributed by atoms with Crippen LogP contribution in [0.25, 0.3) is 11.3 Å². The molecule has 1 amide bonds. The molecule has 1 unspecified atom stereocenters. The summed E-state index contributed by atoms with van der Waals surface area (Å²) in [6.07, 6.45) is 5.10. The molecule has 29 heavy (non-hydrogen) atoms. The fourth-order valence-corrected chi connectivity index (χ4v) is 3.56. The Hall–Kier alpha value is -3.06. The van der Waals surface area contributed by atoms with Crippen LogP contribution < -0.4 is 10.2 Å². The van der Waals surface area contributed by atoms with E-state index in [0.717, 1.165) is 36.5 Å². The monoisotopic (exact) mass is 411 g/mol. The van der Waals surface area contributed by atoms with Crippen LogP contribution in [0.15, 0.2) is 54.9 Å². The molecule has 2 aromatic heterocycles. The average Bonchev–Trinajstić information content (AvgIpc) is 2.77. The predicted octanol–water partition coefficient (Wildman–Crippen LogP) is 4.19. The van der Waals surface area contributed by atoms with Crippen LogP contribution >= 0.6 is 11.6 Å². The quantitative estimate of drug-likeness (QED) is 0.697. The van der Waals surface area contributed by atoms with Crippen molar-refractivity contribution in [2.24, 2.45) is 5.92 Å². The van der Waals surface area contributed by atoms with E-state index < -0.39 is 5.82 Å². The van der Waals surface area contributed by atoms with Gasteiger partial charge in [0.25, 0.3) is 0 Å². The molecule has 4 rings (SSSR count). The Balaban J connectivity index is 1.42. The van der Waals surface area contributed by atoms with Crippen LogP contribution in [-0.2, 0) is 4.79 Å². The van der Waals surface area contributed by atoms with Crippen molar-refractivity contribution in [3.63, 3.8) is 0 Å². The lowest BCUT2D eigenvalue weighted by Crippen LogP contribution is -2.41. The molecule has 148 valence electrons. The second-order valence-corrected chi connectivity index (χ2v) is 7.33. The zero-order valence-corrected chi connectivity index (χ0v) is 16.3. The van der Waals surface area contributed by atoms with E-state index in [0.29, 0.717) is 12.2 Å². The van der Waals surface area contributed by atoms with E-state index in [1.54, 1.807) is 12.4 Å². The lowest BCUT2D eigenvalue weighted by Gasteiger charge is -2.32. The maximum absolute atomic E-state index is 13.3. The van der Waals surface area contributed by atoms with E-state index in [2.05, 4.69) is 25.4 Å². The number of aromatic nitrogens is 3. The van der Waals surface area contributed by atoms with Gasteiger partial charge >= 0.3 is 0 Å². The number of hydrogen-bond acceptors (Lipinski definition) is 5. The standard InChI is InChI=1S/C21H19ClFN5O/c22-17-11-16(5-6-18(17)23)25-21(29)15-4-2-10-28(13-15)20-8-7-19(26-27-20)14-3-1-9-24-12-14/h1,3,5-9,11-12,15H,2,4,10,13H2,(H,25,29). The Morgan fingerprint density at radius 2 is 2.10 bits per heavy atom. The van der Waals surface area contributed by atoms with Crippen LogP contribution in [0.5, 0.6) is 0 Å². The summed E-state index contributed by atoms with van der Waals surface area (Å²) < 4.78 is 13.3. The highest BCUT2D eigenvalue weighted by Crippen LogP contribution is 2.25. The van der Waals surface area contributed by atoms with Crippen LogP contribution in [0.4, 0.5) is 15.9 Å². The number of hydrogen-bond donors (Lipinski definition) is 1. The Labute approximate surface area is 172 Å². The summed E-state index contributed by atoms with van der Waals surface area (Å²) in [5.41, 5.74) is 2.14. The smallest absolute Gasteiger partial charge is 0.229 e. The van der Waals surface area contributed by atoms with Gasteiger partial charge in [-0.3, -0.25) is 9.78 Å². The second kappa shape index (κ2) is 8.53. The van der Waals surface area contributed by atoms with Gasteiger partial charge in [0.15, 0.2) is 5.82 Å².